The predicted octanol–water partition coefficient (Wildman–Crippen LogP) is 6.20. The second-order valence-electron chi connectivity index (χ2n) is 7.30. The fraction of sp³-hybridized carbons (Fsp3) is 0.286. The minimum Gasteiger partial charge on any atom is -0.338 e. The molecule has 3 aromatic rings. The average Bonchev–Trinajstić information content (AvgIpc) is 3.19. The van der Waals surface area contributed by atoms with Crippen LogP contribution in [0.1, 0.15) is 18.7 Å². The Labute approximate surface area is 199 Å². The molecule has 0 spiro atoms. The molecule has 162 valence electrons. The van der Waals surface area contributed by atoms with Gasteiger partial charge in [0.25, 0.3) is 0 Å². The first-order valence-electron chi connectivity index (χ1n) is 9.65. The van der Waals surface area contributed by atoms with E-state index in [2.05, 4.69) is 20.4 Å². The minimum absolute atomic E-state index is 0.0181. The Morgan fingerprint density at radius 1 is 1.03 bits per heavy atom. The van der Waals surface area contributed by atoms with Crippen LogP contribution in [0.5, 0.6) is 0 Å². The normalized spacial score (nSPS) is 15.2. The summed E-state index contributed by atoms with van der Waals surface area (Å²) in [4.78, 5) is 19.2. The largest absolute Gasteiger partial charge is 0.338 e. The molecule has 0 bridgehead atoms. The maximum absolute atomic E-state index is 12.6. The van der Waals surface area contributed by atoms with Crippen LogP contribution in [-0.2, 0) is 11.3 Å². The van der Waals surface area contributed by atoms with Gasteiger partial charge in [-0.25, -0.2) is 0 Å². The molecule has 0 saturated carbocycles. The van der Waals surface area contributed by atoms with Crippen molar-refractivity contribution in [1.82, 2.24) is 15.0 Å². The molecule has 1 saturated heterocycles. The molecule has 4 rings (SSSR count). The third-order valence-electron chi connectivity index (χ3n) is 5.14. The lowest BCUT2D eigenvalue weighted by atomic mass is 9.96. The second-order valence-corrected chi connectivity index (χ2v) is 8.96. The topological polar surface area (TPSA) is 71.3 Å². The first kappa shape index (κ1) is 22.4. The summed E-state index contributed by atoms with van der Waals surface area (Å²) in [5, 5.41) is 8.81. The highest BCUT2D eigenvalue weighted by Gasteiger charge is 2.26. The van der Waals surface area contributed by atoms with Gasteiger partial charge in [0.2, 0.25) is 17.6 Å². The number of anilines is 1. The van der Waals surface area contributed by atoms with E-state index >= 15 is 0 Å². The fourth-order valence-electron chi connectivity index (χ4n) is 3.46. The number of piperidine rings is 1. The number of benzene rings is 2. The number of rotatable bonds is 5. The number of nitrogens with zero attached hydrogens (tertiary/aromatic N) is 3. The summed E-state index contributed by atoms with van der Waals surface area (Å²) in [7, 11) is 0. The van der Waals surface area contributed by atoms with Crippen molar-refractivity contribution >= 4 is 58.0 Å². The van der Waals surface area contributed by atoms with E-state index in [0.29, 0.717) is 49.6 Å². The molecule has 0 atom stereocenters. The molecule has 0 unspecified atom stereocenters. The zero-order valence-electron chi connectivity index (χ0n) is 16.2. The predicted molar refractivity (Wildman–Crippen MR) is 123 cm³/mol. The third-order valence-corrected chi connectivity index (χ3v) is 6.43. The monoisotopic (exact) mass is 498 g/mol. The van der Waals surface area contributed by atoms with Crippen LogP contribution in [-0.4, -0.2) is 34.0 Å². The van der Waals surface area contributed by atoms with Crippen LogP contribution in [0.2, 0.25) is 20.1 Å². The van der Waals surface area contributed by atoms with Crippen molar-refractivity contribution in [2.24, 2.45) is 5.92 Å². The van der Waals surface area contributed by atoms with Gasteiger partial charge in [-0.2, -0.15) is 4.98 Å². The molecule has 2 aromatic carbocycles. The number of carbonyl (C=O) groups is 1. The van der Waals surface area contributed by atoms with Crippen molar-refractivity contribution < 1.29 is 9.32 Å². The van der Waals surface area contributed by atoms with Crippen LogP contribution in [0, 0.1) is 5.92 Å². The van der Waals surface area contributed by atoms with Crippen molar-refractivity contribution in [3.05, 3.63) is 62.4 Å². The maximum atomic E-state index is 12.6. The van der Waals surface area contributed by atoms with Gasteiger partial charge < -0.3 is 9.84 Å². The number of amides is 1. The SMILES string of the molecule is O=C(Nc1ccc(Cl)c(Cl)c1)C1CCN(Cc2nc(-c3ccc(Cl)cc3Cl)no2)CC1. The first-order valence-corrected chi connectivity index (χ1v) is 11.2. The van der Waals surface area contributed by atoms with Gasteiger partial charge in [0.1, 0.15) is 0 Å². The lowest BCUT2D eigenvalue weighted by Gasteiger charge is -2.30. The standard InChI is InChI=1S/C21H18Cl4N4O2/c22-13-1-3-15(17(24)9-13)20-27-19(31-28-20)11-29-7-5-12(6-8-29)21(30)26-14-2-4-16(23)18(25)10-14/h1-4,9-10,12H,5-8,11H2,(H,26,30). The second kappa shape index (κ2) is 9.76. The molecule has 2 heterocycles. The Bertz CT molecular complexity index is 1100. The molecule has 0 aliphatic carbocycles. The number of aromatic nitrogens is 2. The molecule has 1 aliphatic heterocycles. The van der Waals surface area contributed by atoms with Gasteiger partial charge in [-0.05, 0) is 62.3 Å². The Morgan fingerprint density at radius 3 is 2.52 bits per heavy atom. The lowest BCUT2D eigenvalue weighted by Crippen LogP contribution is -2.37. The number of hydrogen-bond acceptors (Lipinski definition) is 5. The Kier molecular flexibility index (Phi) is 7.04. The quantitative estimate of drug-likeness (QED) is 0.452. The smallest absolute Gasteiger partial charge is 0.241 e. The Morgan fingerprint density at radius 2 is 1.81 bits per heavy atom. The molecule has 31 heavy (non-hydrogen) atoms. The van der Waals surface area contributed by atoms with Crippen molar-refractivity contribution in [3.8, 4) is 11.4 Å². The van der Waals surface area contributed by atoms with Gasteiger partial charge in [0.05, 0.1) is 21.6 Å². The van der Waals surface area contributed by atoms with Gasteiger partial charge in [-0.3, -0.25) is 9.69 Å². The summed E-state index contributed by atoms with van der Waals surface area (Å²) in [6.07, 6.45) is 1.47. The highest BCUT2D eigenvalue weighted by Crippen LogP contribution is 2.29. The zero-order valence-corrected chi connectivity index (χ0v) is 19.3. The fourth-order valence-corrected chi connectivity index (χ4v) is 4.25. The van der Waals surface area contributed by atoms with Gasteiger partial charge in [0.15, 0.2) is 0 Å². The van der Waals surface area contributed by atoms with Crippen molar-refractivity contribution in [3.63, 3.8) is 0 Å². The van der Waals surface area contributed by atoms with Crippen molar-refractivity contribution in [1.29, 1.82) is 0 Å². The van der Waals surface area contributed by atoms with E-state index in [1.165, 1.54) is 0 Å². The van der Waals surface area contributed by atoms with Crippen LogP contribution in [0.15, 0.2) is 40.9 Å². The zero-order chi connectivity index (χ0) is 22.0. The molecular weight excluding hydrogens is 482 g/mol. The lowest BCUT2D eigenvalue weighted by molar-refractivity contribution is -0.121. The number of halogens is 4. The molecule has 1 aromatic heterocycles. The van der Waals surface area contributed by atoms with Crippen LogP contribution in [0.25, 0.3) is 11.4 Å². The van der Waals surface area contributed by atoms with Crippen molar-refractivity contribution in [2.45, 2.75) is 19.4 Å². The van der Waals surface area contributed by atoms with Gasteiger partial charge >= 0.3 is 0 Å². The van der Waals surface area contributed by atoms with E-state index in [1.54, 1.807) is 36.4 Å². The van der Waals surface area contributed by atoms with E-state index in [9.17, 15) is 4.79 Å². The summed E-state index contributed by atoms with van der Waals surface area (Å²) in [5.74, 6) is 0.833. The van der Waals surface area contributed by atoms with Crippen LogP contribution in [0.4, 0.5) is 5.69 Å². The van der Waals surface area contributed by atoms with E-state index in [0.717, 1.165) is 25.9 Å². The Hall–Kier alpha value is -1.83. The van der Waals surface area contributed by atoms with Gasteiger partial charge in [0, 0.05) is 22.2 Å². The van der Waals surface area contributed by atoms with Crippen LogP contribution in [0.3, 0.4) is 0 Å². The summed E-state index contributed by atoms with van der Waals surface area (Å²) in [6, 6.07) is 10.2. The molecule has 10 heteroatoms. The Balaban J connectivity index is 1.30. The number of carbonyl (C=O) groups excluding carboxylic acids is 1. The summed E-state index contributed by atoms with van der Waals surface area (Å²) < 4.78 is 5.38. The number of hydrogen-bond donors (Lipinski definition) is 1. The van der Waals surface area contributed by atoms with E-state index in [-0.39, 0.29) is 11.8 Å². The number of nitrogens with one attached hydrogen (secondary N) is 1. The minimum atomic E-state index is -0.0724. The van der Waals surface area contributed by atoms with E-state index < -0.39 is 0 Å². The van der Waals surface area contributed by atoms with Gasteiger partial charge in [-0.1, -0.05) is 51.6 Å². The van der Waals surface area contributed by atoms with Crippen LogP contribution < -0.4 is 5.32 Å². The molecule has 1 amide bonds. The van der Waals surface area contributed by atoms with E-state index in [4.69, 9.17) is 50.9 Å². The molecular formula is C21H18Cl4N4O2. The molecule has 1 N–H and O–H groups in total. The third kappa shape index (κ3) is 5.51. The highest BCUT2D eigenvalue weighted by molar-refractivity contribution is 6.42. The van der Waals surface area contributed by atoms with E-state index in [1.807, 2.05) is 0 Å². The molecule has 1 fully saturated rings. The summed E-state index contributed by atoms with van der Waals surface area (Å²) >= 11 is 24.1. The number of likely N-dealkylation sites (tertiary alicyclic amines) is 1. The summed E-state index contributed by atoms with van der Waals surface area (Å²) in [5.41, 5.74) is 1.31. The first-order chi connectivity index (χ1) is 14.9. The molecule has 6 nitrogen and oxygen atoms in total. The van der Waals surface area contributed by atoms with Crippen molar-refractivity contribution in [2.75, 3.05) is 18.4 Å². The summed E-state index contributed by atoms with van der Waals surface area (Å²) in [6.45, 7) is 2.01. The van der Waals surface area contributed by atoms with Crippen LogP contribution >= 0.6 is 46.4 Å². The molecule has 1 aliphatic rings. The maximum Gasteiger partial charge on any atom is 0.241 e. The molecule has 0 radical (unpaired) electrons. The van der Waals surface area contributed by atoms with Gasteiger partial charge in [-0.15, -0.1) is 0 Å². The average molecular weight is 500 g/mol. The highest BCUT2D eigenvalue weighted by atomic mass is 35.5.